The van der Waals surface area contributed by atoms with E-state index in [1.54, 1.807) is 11.3 Å². The quantitative estimate of drug-likeness (QED) is 0.604. The average molecular weight is 418 g/mol. The van der Waals surface area contributed by atoms with Gasteiger partial charge < -0.3 is 16.0 Å². The lowest BCUT2D eigenvalue weighted by Gasteiger charge is -2.28. The van der Waals surface area contributed by atoms with E-state index in [-0.39, 0.29) is 30.2 Å². The van der Waals surface area contributed by atoms with Crippen molar-refractivity contribution in [1.29, 1.82) is 0 Å². The fourth-order valence-electron chi connectivity index (χ4n) is 3.58. The molecule has 154 valence electrons. The van der Waals surface area contributed by atoms with E-state index in [1.807, 2.05) is 11.4 Å². The topological polar surface area (TPSA) is 87.3 Å². The highest BCUT2D eigenvalue weighted by Crippen LogP contribution is 2.42. The molecule has 0 aliphatic heterocycles. The zero-order chi connectivity index (χ0) is 20.7. The van der Waals surface area contributed by atoms with Gasteiger partial charge in [0.2, 0.25) is 5.91 Å². The van der Waals surface area contributed by atoms with Gasteiger partial charge in [0.15, 0.2) is 0 Å². The Kier molecular flexibility index (Phi) is 6.98. The minimum absolute atomic E-state index is 0.0274. The number of amides is 3. The van der Waals surface area contributed by atoms with Crippen molar-refractivity contribution in [2.75, 3.05) is 13.1 Å². The number of nitrogens with one attached hydrogen (secondary N) is 3. The Morgan fingerprint density at radius 2 is 1.66 bits per heavy atom. The molecule has 29 heavy (non-hydrogen) atoms. The second-order valence-electron chi connectivity index (χ2n) is 7.23. The summed E-state index contributed by atoms with van der Waals surface area (Å²) in [4.78, 5) is 37.2. The zero-order valence-corrected chi connectivity index (χ0v) is 16.8. The van der Waals surface area contributed by atoms with Gasteiger partial charge in [-0.25, -0.2) is 4.39 Å². The molecule has 0 bridgehead atoms. The predicted molar refractivity (Wildman–Crippen MR) is 109 cm³/mol. The number of carbonyl (C=O) groups excluding carboxylic acids is 3. The highest BCUT2D eigenvalue weighted by atomic mass is 32.1. The average Bonchev–Trinajstić information content (AvgIpc) is 3.42. The largest absolute Gasteiger partial charge is 0.354 e. The molecule has 1 aliphatic rings. The summed E-state index contributed by atoms with van der Waals surface area (Å²) in [5.74, 6) is -2.42. The Balaban J connectivity index is 1.41. The van der Waals surface area contributed by atoms with Crippen molar-refractivity contribution in [3.05, 3.63) is 58.0 Å². The van der Waals surface area contributed by atoms with Gasteiger partial charge in [-0.2, -0.15) is 0 Å². The Labute approximate surface area is 172 Å². The predicted octanol–water partition coefficient (Wildman–Crippen LogP) is 2.25. The van der Waals surface area contributed by atoms with Crippen molar-refractivity contribution >= 4 is 29.1 Å². The number of halogens is 1. The third kappa shape index (κ3) is 5.63. The molecule has 1 fully saturated rings. The van der Waals surface area contributed by atoms with Crippen molar-refractivity contribution < 1.29 is 18.8 Å². The van der Waals surface area contributed by atoms with Gasteiger partial charge in [0.1, 0.15) is 5.82 Å². The second-order valence-corrected chi connectivity index (χ2v) is 8.18. The van der Waals surface area contributed by atoms with E-state index in [4.69, 9.17) is 0 Å². The summed E-state index contributed by atoms with van der Waals surface area (Å²) in [7, 11) is 0. The molecule has 0 radical (unpaired) electrons. The first-order valence-corrected chi connectivity index (χ1v) is 10.5. The molecular formula is C21H24FN3O3S. The van der Waals surface area contributed by atoms with E-state index >= 15 is 0 Å². The van der Waals surface area contributed by atoms with Gasteiger partial charge in [-0.05, 0) is 42.0 Å². The molecule has 0 atom stereocenters. The minimum Gasteiger partial charge on any atom is -0.354 e. The van der Waals surface area contributed by atoms with Gasteiger partial charge in [-0.1, -0.05) is 31.0 Å². The summed E-state index contributed by atoms with van der Waals surface area (Å²) in [5.41, 5.74) is 0.640. The number of rotatable bonds is 7. The summed E-state index contributed by atoms with van der Waals surface area (Å²) in [6.07, 6.45) is 4.34. The Bertz CT molecular complexity index is 847. The molecule has 0 spiro atoms. The van der Waals surface area contributed by atoms with Crippen LogP contribution in [0.25, 0.3) is 0 Å². The summed E-state index contributed by atoms with van der Waals surface area (Å²) >= 11 is 1.70. The lowest BCUT2D eigenvalue weighted by Crippen LogP contribution is -2.46. The van der Waals surface area contributed by atoms with E-state index in [9.17, 15) is 18.8 Å². The van der Waals surface area contributed by atoms with Gasteiger partial charge in [0, 0.05) is 23.4 Å². The lowest BCUT2D eigenvalue weighted by atomic mass is 9.84. The van der Waals surface area contributed by atoms with Crippen molar-refractivity contribution in [3.63, 3.8) is 0 Å². The van der Waals surface area contributed by atoms with Crippen LogP contribution in [0.15, 0.2) is 41.8 Å². The molecule has 0 unspecified atom stereocenters. The molecule has 3 rings (SSSR count). The number of hydrogen-bond donors (Lipinski definition) is 3. The van der Waals surface area contributed by atoms with Crippen molar-refractivity contribution in [2.24, 2.45) is 0 Å². The number of hydrogen-bond acceptors (Lipinski definition) is 4. The van der Waals surface area contributed by atoms with Crippen molar-refractivity contribution in [2.45, 2.75) is 37.6 Å². The number of carbonyl (C=O) groups is 3. The van der Waals surface area contributed by atoms with Crippen LogP contribution in [0.2, 0.25) is 0 Å². The molecule has 0 saturated heterocycles. The maximum Gasteiger partial charge on any atom is 0.309 e. The Hall–Kier alpha value is -2.74. The highest BCUT2D eigenvalue weighted by molar-refractivity contribution is 7.10. The highest BCUT2D eigenvalue weighted by Gasteiger charge is 2.36. The van der Waals surface area contributed by atoms with Gasteiger partial charge in [0.05, 0.1) is 6.54 Å². The molecule has 8 heteroatoms. The SMILES string of the molecule is O=C(CNC(=O)C(=O)NCc1ccc(F)cc1)NCC1(c2cccs2)CCCC1. The summed E-state index contributed by atoms with van der Waals surface area (Å²) in [6, 6.07) is 9.72. The maximum atomic E-state index is 12.9. The Morgan fingerprint density at radius 1 is 0.966 bits per heavy atom. The molecule has 1 aromatic heterocycles. The van der Waals surface area contributed by atoms with Crippen LogP contribution in [-0.4, -0.2) is 30.8 Å². The molecule has 3 amide bonds. The van der Waals surface area contributed by atoms with Crippen LogP contribution in [-0.2, 0) is 26.3 Å². The van der Waals surface area contributed by atoms with Crippen LogP contribution in [0.1, 0.15) is 36.1 Å². The minimum atomic E-state index is -0.879. The number of thiophene rings is 1. The van der Waals surface area contributed by atoms with Crippen LogP contribution < -0.4 is 16.0 Å². The van der Waals surface area contributed by atoms with E-state index in [2.05, 4.69) is 22.0 Å². The monoisotopic (exact) mass is 417 g/mol. The van der Waals surface area contributed by atoms with Crippen molar-refractivity contribution in [3.8, 4) is 0 Å². The molecule has 3 N–H and O–H groups in total. The van der Waals surface area contributed by atoms with Crippen molar-refractivity contribution in [1.82, 2.24) is 16.0 Å². The van der Waals surface area contributed by atoms with Crippen LogP contribution in [0.3, 0.4) is 0 Å². The van der Waals surface area contributed by atoms with E-state index in [0.29, 0.717) is 12.1 Å². The van der Waals surface area contributed by atoms with Crippen LogP contribution in [0.4, 0.5) is 4.39 Å². The first-order chi connectivity index (χ1) is 14.0. The number of benzene rings is 1. The molecule has 1 aliphatic carbocycles. The van der Waals surface area contributed by atoms with E-state index in [1.165, 1.54) is 29.1 Å². The molecule has 2 aromatic rings. The maximum absolute atomic E-state index is 12.9. The normalized spacial score (nSPS) is 14.9. The Morgan fingerprint density at radius 3 is 2.31 bits per heavy atom. The molecule has 1 aromatic carbocycles. The molecule has 6 nitrogen and oxygen atoms in total. The van der Waals surface area contributed by atoms with Gasteiger partial charge >= 0.3 is 11.8 Å². The van der Waals surface area contributed by atoms with Gasteiger partial charge in [-0.3, -0.25) is 14.4 Å². The standard InChI is InChI=1S/C21H24FN3O3S/c22-16-7-5-15(6-8-16)12-23-19(27)20(28)24-13-18(26)25-14-21(9-1-2-10-21)17-4-3-11-29-17/h3-8,11H,1-2,9-10,12-14H2,(H,23,27)(H,24,28)(H,25,26). The second kappa shape index (κ2) is 9.65. The van der Waals surface area contributed by atoms with Crippen LogP contribution in [0.5, 0.6) is 0 Å². The van der Waals surface area contributed by atoms with Crippen LogP contribution in [0, 0.1) is 5.82 Å². The summed E-state index contributed by atoms with van der Waals surface area (Å²) < 4.78 is 12.9. The van der Waals surface area contributed by atoms with Gasteiger partial charge in [-0.15, -0.1) is 11.3 Å². The molecule has 1 heterocycles. The van der Waals surface area contributed by atoms with Gasteiger partial charge in [0.25, 0.3) is 0 Å². The van der Waals surface area contributed by atoms with Crippen LogP contribution >= 0.6 is 11.3 Å². The fraction of sp³-hybridized carbons (Fsp3) is 0.381. The summed E-state index contributed by atoms with van der Waals surface area (Å²) in [6.45, 7) is 0.365. The molecular weight excluding hydrogens is 393 g/mol. The first kappa shape index (κ1) is 21.0. The third-order valence-electron chi connectivity index (χ3n) is 5.21. The first-order valence-electron chi connectivity index (χ1n) is 9.60. The smallest absolute Gasteiger partial charge is 0.309 e. The third-order valence-corrected chi connectivity index (χ3v) is 6.33. The summed E-state index contributed by atoms with van der Waals surface area (Å²) in [5, 5.41) is 9.71. The molecule has 1 saturated carbocycles. The fourth-order valence-corrected chi connectivity index (χ4v) is 4.57. The van der Waals surface area contributed by atoms with E-state index in [0.717, 1.165) is 25.7 Å². The van der Waals surface area contributed by atoms with E-state index < -0.39 is 11.8 Å². The lowest BCUT2D eigenvalue weighted by molar-refractivity contribution is -0.139. The zero-order valence-electron chi connectivity index (χ0n) is 16.0.